The molecule has 0 aliphatic heterocycles. The average Bonchev–Trinajstić information content (AvgIpc) is 2.39. The van der Waals surface area contributed by atoms with Crippen LogP contribution >= 0.6 is 11.6 Å². The van der Waals surface area contributed by atoms with Crippen molar-refractivity contribution in [3.8, 4) is 0 Å². The molecule has 0 bridgehead atoms. The third kappa shape index (κ3) is 5.82. The number of urea groups is 1. The van der Waals surface area contributed by atoms with Gasteiger partial charge in [0.2, 0.25) is 5.91 Å². The van der Waals surface area contributed by atoms with Gasteiger partial charge in [0.15, 0.2) is 0 Å². The third-order valence-corrected chi connectivity index (χ3v) is 2.25. The summed E-state index contributed by atoms with van der Waals surface area (Å²) in [7, 11) is 0. The molecule has 0 aliphatic carbocycles. The maximum absolute atomic E-state index is 11.5. The highest BCUT2D eigenvalue weighted by Crippen LogP contribution is 1.99. The van der Waals surface area contributed by atoms with Gasteiger partial charge in [-0.25, -0.2) is 10.2 Å². The molecule has 2 N–H and O–H groups in total. The molecule has 0 saturated carbocycles. The highest BCUT2D eigenvalue weighted by Gasteiger charge is 2.11. The minimum absolute atomic E-state index is 0.0470. The summed E-state index contributed by atoms with van der Waals surface area (Å²) in [6.07, 6.45) is 0.0677. The quantitative estimate of drug-likeness (QED) is 0.466. The second kappa shape index (κ2) is 8.04. The number of rotatable bonds is 6. The molecule has 0 saturated heterocycles. The number of nitrogens with one attached hydrogen (secondary N) is 2. The number of hydrazine groups is 1. The summed E-state index contributed by atoms with van der Waals surface area (Å²) in [6, 6.07) is 8.12. The molecule has 19 heavy (non-hydrogen) atoms. The lowest BCUT2D eigenvalue weighted by atomic mass is 10.1. The van der Waals surface area contributed by atoms with E-state index in [1.807, 2.05) is 6.07 Å². The van der Waals surface area contributed by atoms with Crippen molar-refractivity contribution in [2.24, 2.45) is 5.29 Å². The van der Waals surface area contributed by atoms with Gasteiger partial charge in [0.05, 0.1) is 18.3 Å². The summed E-state index contributed by atoms with van der Waals surface area (Å²) >= 11 is 5.39. The van der Waals surface area contributed by atoms with Gasteiger partial charge in [-0.3, -0.25) is 10.1 Å². The van der Waals surface area contributed by atoms with Gasteiger partial charge in [-0.2, -0.15) is 5.12 Å². The zero-order valence-electron chi connectivity index (χ0n) is 10.0. The molecule has 1 aromatic rings. The van der Waals surface area contributed by atoms with Gasteiger partial charge in [-0.15, -0.1) is 16.5 Å². The first-order chi connectivity index (χ1) is 9.15. The van der Waals surface area contributed by atoms with Crippen LogP contribution in [0.1, 0.15) is 5.56 Å². The smallest absolute Gasteiger partial charge is 0.276 e. The molecular weight excluding hydrogens is 272 g/mol. The van der Waals surface area contributed by atoms with Gasteiger partial charge >= 0.3 is 6.03 Å². The largest absolute Gasteiger partial charge is 0.341 e. The van der Waals surface area contributed by atoms with Crippen LogP contribution in [0.15, 0.2) is 35.6 Å². The van der Waals surface area contributed by atoms with E-state index in [2.05, 4.69) is 16.0 Å². The fourth-order valence-corrected chi connectivity index (χ4v) is 1.45. The maximum atomic E-state index is 11.5. The molecule has 0 heterocycles. The molecule has 0 fully saturated rings. The van der Waals surface area contributed by atoms with Crippen molar-refractivity contribution in [3.63, 3.8) is 0 Å². The summed E-state index contributed by atoms with van der Waals surface area (Å²) in [6.45, 7) is 0.0470. The molecule has 0 radical (unpaired) electrons. The Hall–Kier alpha value is -2.15. The number of carbonyl (C=O) groups is 2. The van der Waals surface area contributed by atoms with Crippen molar-refractivity contribution in [2.75, 3.05) is 12.4 Å². The molecule has 102 valence electrons. The maximum Gasteiger partial charge on any atom is 0.341 e. The predicted molar refractivity (Wildman–Crippen MR) is 70.0 cm³/mol. The van der Waals surface area contributed by atoms with E-state index in [1.54, 1.807) is 24.3 Å². The summed E-state index contributed by atoms with van der Waals surface area (Å²) < 4.78 is 0. The van der Waals surface area contributed by atoms with Crippen molar-refractivity contribution >= 4 is 23.5 Å². The molecule has 3 amide bonds. The molecule has 0 unspecified atom stereocenters. The number of hydrogen-bond acceptors (Lipinski definition) is 4. The number of hydrogen-bond donors (Lipinski definition) is 2. The summed E-state index contributed by atoms with van der Waals surface area (Å²) in [5.41, 5.74) is 2.86. The lowest BCUT2D eigenvalue weighted by molar-refractivity contribution is -0.119. The number of benzene rings is 1. The fraction of sp³-hybridized carbons (Fsp3) is 0.273. The minimum atomic E-state index is -0.828. The van der Waals surface area contributed by atoms with E-state index >= 15 is 0 Å². The van der Waals surface area contributed by atoms with Crippen molar-refractivity contribution in [1.82, 2.24) is 15.9 Å². The first-order valence-electron chi connectivity index (χ1n) is 5.47. The van der Waals surface area contributed by atoms with Crippen LogP contribution in [0.5, 0.6) is 0 Å². The predicted octanol–water partition coefficient (Wildman–Crippen LogP) is 1.19. The lowest BCUT2D eigenvalue weighted by Crippen LogP contribution is -2.47. The van der Waals surface area contributed by atoms with Crippen LogP contribution in [-0.2, 0) is 11.2 Å². The standard InChI is InChI=1S/C11H13ClN4O3/c12-6-7-16(15-19)14-11(18)13-10(17)8-9-4-2-1-3-5-9/h1-5H,6-8H2,(H2,13,14,17,18). The summed E-state index contributed by atoms with van der Waals surface area (Å²) in [5.74, 6) is -0.371. The number of imide groups is 1. The van der Waals surface area contributed by atoms with Crippen LogP contribution in [0.4, 0.5) is 4.79 Å². The molecule has 7 nitrogen and oxygen atoms in total. The number of amides is 3. The van der Waals surface area contributed by atoms with E-state index in [-0.39, 0.29) is 18.8 Å². The van der Waals surface area contributed by atoms with Crippen molar-refractivity contribution in [2.45, 2.75) is 6.42 Å². The van der Waals surface area contributed by atoms with E-state index in [1.165, 1.54) is 0 Å². The van der Waals surface area contributed by atoms with Crippen molar-refractivity contribution in [3.05, 3.63) is 40.8 Å². The van der Waals surface area contributed by atoms with E-state index in [9.17, 15) is 14.5 Å². The Morgan fingerprint density at radius 3 is 2.53 bits per heavy atom. The number of carbonyl (C=O) groups excluding carboxylic acids is 2. The normalized spacial score (nSPS) is 9.53. The fourth-order valence-electron chi connectivity index (χ4n) is 1.29. The monoisotopic (exact) mass is 284 g/mol. The molecule has 0 aliphatic rings. The van der Waals surface area contributed by atoms with Crippen LogP contribution in [-0.4, -0.2) is 29.5 Å². The number of nitroso groups, excluding NO2 is 1. The van der Waals surface area contributed by atoms with Crippen molar-refractivity contribution in [1.29, 1.82) is 0 Å². The average molecular weight is 285 g/mol. The molecule has 1 rings (SSSR count). The Balaban J connectivity index is 2.39. The van der Waals surface area contributed by atoms with Crippen LogP contribution < -0.4 is 10.7 Å². The van der Waals surface area contributed by atoms with Gasteiger partial charge in [-0.1, -0.05) is 30.3 Å². The van der Waals surface area contributed by atoms with Gasteiger partial charge < -0.3 is 0 Å². The van der Waals surface area contributed by atoms with Crippen molar-refractivity contribution < 1.29 is 9.59 Å². The highest BCUT2D eigenvalue weighted by atomic mass is 35.5. The Morgan fingerprint density at radius 1 is 1.26 bits per heavy atom. The van der Waals surface area contributed by atoms with Gasteiger partial charge in [0.1, 0.15) is 0 Å². The van der Waals surface area contributed by atoms with Crippen LogP contribution in [0.3, 0.4) is 0 Å². The number of alkyl halides is 1. The van der Waals surface area contributed by atoms with Crippen LogP contribution in [0, 0.1) is 4.91 Å². The first-order valence-corrected chi connectivity index (χ1v) is 6.00. The molecule has 0 atom stereocenters. The number of nitrogens with zero attached hydrogens (tertiary/aromatic N) is 2. The van der Waals surface area contributed by atoms with E-state index in [0.29, 0.717) is 5.12 Å². The van der Waals surface area contributed by atoms with E-state index < -0.39 is 11.9 Å². The molecule has 8 heteroatoms. The second-order valence-corrected chi connectivity index (χ2v) is 3.92. The minimum Gasteiger partial charge on any atom is -0.276 e. The molecule has 0 aromatic heterocycles. The Kier molecular flexibility index (Phi) is 6.31. The Morgan fingerprint density at radius 2 is 1.95 bits per heavy atom. The lowest BCUT2D eigenvalue weighted by Gasteiger charge is -2.14. The van der Waals surface area contributed by atoms with Crippen LogP contribution in [0.2, 0.25) is 0 Å². The molecule has 0 spiro atoms. The van der Waals surface area contributed by atoms with E-state index in [0.717, 1.165) is 5.56 Å². The molecular formula is C11H13ClN4O3. The third-order valence-electron chi connectivity index (χ3n) is 2.09. The first kappa shape index (κ1) is 14.9. The zero-order valence-corrected chi connectivity index (χ0v) is 10.8. The summed E-state index contributed by atoms with van der Waals surface area (Å²) in [4.78, 5) is 33.2. The van der Waals surface area contributed by atoms with Crippen LogP contribution in [0.25, 0.3) is 0 Å². The number of halogens is 1. The zero-order chi connectivity index (χ0) is 14.1. The highest BCUT2D eigenvalue weighted by molar-refractivity contribution is 6.18. The van der Waals surface area contributed by atoms with Gasteiger partial charge in [0.25, 0.3) is 0 Å². The summed E-state index contributed by atoms with van der Waals surface area (Å²) in [5, 5.41) is 5.31. The van der Waals surface area contributed by atoms with E-state index in [4.69, 9.17) is 11.6 Å². The SMILES string of the molecule is O=NN(CCCl)NC(=O)NC(=O)Cc1ccccc1. The Labute approximate surface area is 114 Å². The second-order valence-electron chi connectivity index (χ2n) is 3.55. The Bertz CT molecular complexity index is 441. The van der Waals surface area contributed by atoms with Gasteiger partial charge in [0, 0.05) is 5.88 Å². The topological polar surface area (TPSA) is 90.9 Å². The molecule has 1 aromatic carbocycles. The van der Waals surface area contributed by atoms with Gasteiger partial charge in [-0.05, 0) is 5.56 Å².